The highest BCUT2D eigenvalue weighted by atomic mass is 16.2. The zero-order valence-electron chi connectivity index (χ0n) is 11.2. The van der Waals surface area contributed by atoms with Crippen LogP contribution in [0, 0.1) is 0 Å². The summed E-state index contributed by atoms with van der Waals surface area (Å²) in [4.78, 5) is 13.9. The summed E-state index contributed by atoms with van der Waals surface area (Å²) in [5, 5.41) is 2.87. The number of nitrogens with two attached hydrogens (primary N) is 1. The van der Waals surface area contributed by atoms with Gasteiger partial charge in [0.05, 0.1) is 0 Å². The van der Waals surface area contributed by atoms with Crippen molar-refractivity contribution in [3.8, 4) is 0 Å². The fraction of sp³-hybridized carbons (Fsp3) is 0.500. The number of carbonyl (C=O) groups is 1. The van der Waals surface area contributed by atoms with Crippen LogP contribution in [0.15, 0.2) is 30.3 Å². The van der Waals surface area contributed by atoms with Crippen LogP contribution in [0.3, 0.4) is 0 Å². The normalized spacial score (nSPS) is 12.4. The molecule has 0 aliphatic carbocycles. The van der Waals surface area contributed by atoms with Crippen LogP contribution < -0.4 is 11.1 Å². The van der Waals surface area contributed by atoms with E-state index in [1.807, 2.05) is 44.4 Å². The lowest BCUT2D eigenvalue weighted by molar-refractivity contribution is -0.122. The molecule has 3 N–H and O–H groups in total. The molecule has 18 heavy (non-hydrogen) atoms. The largest absolute Gasteiger partial charge is 0.354 e. The first kappa shape index (κ1) is 14.7. The number of rotatable bonds is 7. The van der Waals surface area contributed by atoms with E-state index in [-0.39, 0.29) is 5.91 Å². The maximum absolute atomic E-state index is 11.8. The Bertz CT molecular complexity index is 351. The molecule has 0 aromatic heterocycles. The number of amides is 1. The van der Waals surface area contributed by atoms with E-state index in [1.165, 1.54) is 0 Å². The molecule has 1 atom stereocenters. The van der Waals surface area contributed by atoms with Crippen LogP contribution in [0.2, 0.25) is 0 Å². The van der Waals surface area contributed by atoms with Crippen LogP contribution in [-0.4, -0.2) is 38.0 Å². The van der Waals surface area contributed by atoms with Gasteiger partial charge in [0.15, 0.2) is 0 Å². The predicted molar refractivity (Wildman–Crippen MR) is 74.2 cm³/mol. The van der Waals surface area contributed by atoms with Crippen molar-refractivity contribution in [3.05, 3.63) is 35.9 Å². The average molecular weight is 249 g/mol. The molecule has 1 aromatic rings. The van der Waals surface area contributed by atoms with Crippen molar-refractivity contribution in [2.75, 3.05) is 27.2 Å². The molecule has 4 heteroatoms. The van der Waals surface area contributed by atoms with Crippen LogP contribution >= 0.6 is 0 Å². The Morgan fingerprint density at radius 2 is 1.94 bits per heavy atom. The van der Waals surface area contributed by atoms with Gasteiger partial charge in [-0.25, -0.2) is 0 Å². The number of unbranched alkanes of at least 4 members (excludes halogenated alkanes) is 1. The molecule has 0 bridgehead atoms. The third-order valence-electron chi connectivity index (χ3n) is 2.77. The van der Waals surface area contributed by atoms with Gasteiger partial charge in [0.2, 0.25) is 5.91 Å². The van der Waals surface area contributed by atoms with E-state index < -0.39 is 6.04 Å². The van der Waals surface area contributed by atoms with Gasteiger partial charge in [0, 0.05) is 6.54 Å². The first-order valence-electron chi connectivity index (χ1n) is 6.34. The summed E-state index contributed by atoms with van der Waals surface area (Å²) >= 11 is 0. The Balaban J connectivity index is 2.25. The van der Waals surface area contributed by atoms with E-state index in [4.69, 9.17) is 5.73 Å². The van der Waals surface area contributed by atoms with Crippen molar-refractivity contribution in [1.82, 2.24) is 10.2 Å². The molecule has 0 radical (unpaired) electrons. The summed E-state index contributed by atoms with van der Waals surface area (Å²) in [5.74, 6) is -0.106. The van der Waals surface area contributed by atoms with Gasteiger partial charge >= 0.3 is 0 Å². The van der Waals surface area contributed by atoms with Gasteiger partial charge in [-0.15, -0.1) is 0 Å². The minimum Gasteiger partial charge on any atom is -0.354 e. The SMILES string of the molecule is CN(C)CCCCNC(=O)C(N)c1ccccc1. The molecule has 0 heterocycles. The molecular formula is C14H23N3O. The molecule has 100 valence electrons. The van der Waals surface area contributed by atoms with Gasteiger partial charge in [-0.1, -0.05) is 30.3 Å². The number of nitrogens with zero attached hydrogens (tertiary/aromatic N) is 1. The van der Waals surface area contributed by atoms with E-state index in [0.717, 1.165) is 24.9 Å². The van der Waals surface area contributed by atoms with Crippen molar-refractivity contribution < 1.29 is 4.79 Å². The second kappa shape index (κ2) is 7.84. The molecule has 1 unspecified atom stereocenters. The van der Waals surface area contributed by atoms with Crippen molar-refractivity contribution >= 4 is 5.91 Å². The molecule has 0 aliphatic heterocycles. The van der Waals surface area contributed by atoms with E-state index in [1.54, 1.807) is 0 Å². The topological polar surface area (TPSA) is 58.4 Å². The molecule has 4 nitrogen and oxygen atoms in total. The number of benzene rings is 1. The fourth-order valence-corrected chi connectivity index (χ4v) is 1.69. The fourth-order valence-electron chi connectivity index (χ4n) is 1.69. The van der Waals surface area contributed by atoms with Crippen molar-refractivity contribution in [2.45, 2.75) is 18.9 Å². The van der Waals surface area contributed by atoms with Gasteiger partial charge in [0.1, 0.15) is 6.04 Å². The molecular weight excluding hydrogens is 226 g/mol. The standard InChI is InChI=1S/C14H23N3O/c1-17(2)11-7-6-10-16-14(18)13(15)12-8-4-3-5-9-12/h3-5,8-9,13H,6-7,10-11,15H2,1-2H3,(H,16,18). The van der Waals surface area contributed by atoms with Crippen LogP contribution in [-0.2, 0) is 4.79 Å². The van der Waals surface area contributed by atoms with E-state index in [9.17, 15) is 4.79 Å². The number of carbonyl (C=O) groups excluding carboxylic acids is 1. The highest BCUT2D eigenvalue weighted by molar-refractivity contribution is 5.82. The van der Waals surface area contributed by atoms with E-state index in [2.05, 4.69) is 10.2 Å². The Hall–Kier alpha value is -1.39. The summed E-state index contributed by atoms with van der Waals surface area (Å²) in [7, 11) is 4.09. The Labute approximate surface area is 109 Å². The molecule has 1 rings (SSSR count). The summed E-state index contributed by atoms with van der Waals surface area (Å²) < 4.78 is 0. The van der Waals surface area contributed by atoms with Crippen LogP contribution in [0.5, 0.6) is 0 Å². The first-order valence-corrected chi connectivity index (χ1v) is 6.34. The molecule has 1 aromatic carbocycles. The lowest BCUT2D eigenvalue weighted by atomic mass is 10.1. The smallest absolute Gasteiger partial charge is 0.241 e. The average Bonchev–Trinajstić information content (AvgIpc) is 2.38. The number of nitrogens with one attached hydrogen (secondary N) is 1. The van der Waals surface area contributed by atoms with E-state index >= 15 is 0 Å². The van der Waals surface area contributed by atoms with Gasteiger partial charge in [-0.2, -0.15) is 0 Å². The second-order valence-corrected chi connectivity index (χ2v) is 4.69. The van der Waals surface area contributed by atoms with Gasteiger partial charge in [-0.05, 0) is 39.0 Å². The second-order valence-electron chi connectivity index (χ2n) is 4.69. The lowest BCUT2D eigenvalue weighted by Crippen LogP contribution is -2.34. The highest BCUT2D eigenvalue weighted by Gasteiger charge is 2.14. The van der Waals surface area contributed by atoms with Crippen molar-refractivity contribution in [1.29, 1.82) is 0 Å². The number of hydrogen-bond acceptors (Lipinski definition) is 3. The molecule has 0 spiro atoms. The summed E-state index contributed by atoms with van der Waals surface area (Å²) in [6.45, 7) is 1.73. The first-order chi connectivity index (χ1) is 8.61. The van der Waals surface area contributed by atoms with Crippen molar-refractivity contribution in [2.24, 2.45) is 5.73 Å². The maximum atomic E-state index is 11.8. The quantitative estimate of drug-likeness (QED) is 0.713. The van der Waals surface area contributed by atoms with E-state index in [0.29, 0.717) is 6.54 Å². The minimum absolute atomic E-state index is 0.106. The van der Waals surface area contributed by atoms with Crippen molar-refractivity contribution in [3.63, 3.8) is 0 Å². The zero-order valence-corrected chi connectivity index (χ0v) is 11.2. The third-order valence-corrected chi connectivity index (χ3v) is 2.77. The monoisotopic (exact) mass is 249 g/mol. The molecule has 0 aliphatic rings. The lowest BCUT2D eigenvalue weighted by Gasteiger charge is -2.13. The minimum atomic E-state index is -0.569. The van der Waals surface area contributed by atoms with Gasteiger partial charge < -0.3 is 16.0 Å². The van der Waals surface area contributed by atoms with Crippen LogP contribution in [0.1, 0.15) is 24.4 Å². The predicted octanol–water partition coefficient (Wildman–Crippen LogP) is 1.14. The molecule has 0 saturated carbocycles. The Kier molecular flexibility index (Phi) is 6.39. The number of hydrogen-bond donors (Lipinski definition) is 2. The molecule has 0 fully saturated rings. The summed E-state index contributed by atoms with van der Waals surface area (Å²) in [5.41, 5.74) is 6.73. The van der Waals surface area contributed by atoms with Gasteiger partial charge in [-0.3, -0.25) is 4.79 Å². The summed E-state index contributed by atoms with van der Waals surface area (Å²) in [6.07, 6.45) is 2.05. The maximum Gasteiger partial charge on any atom is 0.241 e. The van der Waals surface area contributed by atoms with Gasteiger partial charge in [0.25, 0.3) is 0 Å². The Morgan fingerprint density at radius 1 is 1.28 bits per heavy atom. The Morgan fingerprint density at radius 3 is 2.56 bits per heavy atom. The molecule has 1 amide bonds. The van der Waals surface area contributed by atoms with Crippen LogP contribution in [0.25, 0.3) is 0 Å². The zero-order chi connectivity index (χ0) is 13.4. The highest BCUT2D eigenvalue weighted by Crippen LogP contribution is 2.08. The van der Waals surface area contributed by atoms with Crippen LogP contribution in [0.4, 0.5) is 0 Å². The third kappa shape index (κ3) is 5.29. The molecule has 0 saturated heterocycles. The summed E-state index contributed by atoms with van der Waals surface area (Å²) in [6, 6.07) is 8.86.